The average Bonchev–Trinajstić information content (AvgIpc) is 3.20. The summed E-state index contributed by atoms with van der Waals surface area (Å²) in [7, 11) is 3.38. The van der Waals surface area contributed by atoms with Crippen LogP contribution in [0.3, 0.4) is 0 Å². The molecule has 1 atom stereocenters. The van der Waals surface area contributed by atoms with Crippen molar-refractivity contribution in [3.05, 3.63) is 103 Å². The molecular weight excluding hydrogens is 785 g/mol. The Balaban J connectivity index is 0.00000344. The maximum absolute atomic E-state index is 13.2. The number of guanidine groups is 2. The van der Waals surface area contributed by atoms with Gasteiger partial charge in [0.1, 0.15) is 6.61 Å². The van der Waals surface area contributed by atoms with Gasteiger partial charge in [0, 0.05) is 64.1 Å². The van der Waals surface area contributed by atoms with Crippen molar-refractivity contribution >= 4 is 52.5 Å². The number of pyridine rings is 1. The normalized spacial score (nSPS) is 12.1. The van der Waals surface area contributed by atoms with Crippen molar-refractivity contribution < 1.29 is 33.4 Å². The van der Waals surface area contributed by atoms with Crippen molar-refractivity contribution in [2.75, 3.05) is 39.5 Å². The zero-order valence-corrected chi connectivity index (χ0v) is 36.9. The number of aromatic nitrogens is 1. The average molecular weight is 851 g/mol. The Kier molecular flexibility index (Phi) is 30.8. The van der Waals surface area contributed by atoms with Crippen LogP contribution in [0, 0.1) is 10.8 Å². The number of ether oxygens (including phenoxy) is 2. The minimum atomic E-state index is -1.33. The monoisotopic (exact) mass is 850 g/mol. The molecule has 1 aromatic heterocycles. The summed E-state index contributed by atoms with van der Waals surface area (Å²) in [5.74, 6) is -1.77. The Morgan fingerprint density at radius 2 is 1.43 bits per heavy atom. The number of esters is 2. The largest absolute Gasteiger partial charge is 0.465 e. The van der Waals surface area contributed by atoms with Gasteiger partial charge in [-0.1, -0.05) is 105 Å². The van der Waals surface area contributed by atoms with Crippen LogP contribution < -0.4 is 22.1 Å². The molecule has 60 heavy (non-hydrogen) atoms. The van der Waals surface area contributed by atoms with E-state index in [9.17, 15) is 24.0 Å². The summed E-state index contributed by atoms with van der Waals surface area (Å²) in [4.78, 5) is 70.6. The molecule has 1 rings (SSSR count). The molecule has 0 aliphatic rings. The van der Waals surface area contributed by atoms with Gasteiger partial charge in [-0.15, -0.1) is 0 Å². The minimum Gasteiger partial charge on any atom is -0.465 e. The molecule has 0 saturated heterocycles. The Hall–Kier alpha value is -5.77. The molecule has 0 saturated carbocycles. The van der Waals surface area contributed by atoms with Crippen molar-refractivity contribution in [2.24, 2.45) is 21.9 Å². The predicted octanol–water partition coefficient (Wildman–Crippen LogP) is 5.92. The van der Waals surface area contributed by atoms with Gasteiger partial charge in [0.05, 0.1) is 12.0 Å². The summed E-state index contributed by atoms with van der Waals surface area (Å²) >= 11 is 1.11. The Labute approximate surface area is 360 Å². The number of carbonyl (C=O) groups is 5. The number of rotatable bonds is 25. The molecule has 15 nitrogen and oxygen atoms in total. The van der Waals surface area contributed by atoms with Gasteiger partial charge in [0.15, 0.2) is 17.2 Å². The van der Waals surface area contributed by atoms with Crippen LogP contribution in [0.1, 0.15) is 89.4 Å². The Bertz CT molecular complexity index is 1660. The summed E-state index contributed by atoms with van der Waals surface area (Å²) < 4.78 is 11.1. The zero-order chi connectivity index (χ0) is 45.0. The first-order chi connectivity index (χ1) is 28.6. The number of nitrogens with zero attached hydrogens (tertiary/aromatic N) is 3. The quantitative estimate of drug-likeness (QED) is 0.0254. The van der Waals surface area contributed by atoms with Gasteiger partial charge in [-0.3, -0.25) is 29.6 Å². The minimum absolute atomic E-state index is 0.00991. The van der Waals surface area contributed by atoms with Crippen molar-refractivity contribution in [1.29, 1.82) is 5.41 Å². The van der Waals surface area contributed by atoms with E-state index >= 15 is 0 Å². The topological polar surface area (TPSA) is 232 Å². The van der Waals surface area contributed by atoms with Crippen LogP contribution in [-0.2, 0) is 28.7 Å². The Morgan fingerprint density at radius 1 is 0.883 bits per heavy atom. The Morgan fingerprint density at radius 3 is 1.90 bits per heavy atom. The summed E-state index contributed by atoms with van der Waals surface area (Å²) in [5.41, 5.74) is 9.03. The molecule has 1 aromatic rings. The lowest BCUT2D eigenvalue weighted by atomic mass is 9.86. The number of nitrogens with one attached hydrogen (secondary N) is 3. The smallest absolute Gasteiger partial charge is 0.340 e. The van der Waals surface area contributed by atoms with Crippen molar-refractivity contribution in [2.45, 2.75) is 85.2 Å². The van der Waals surface area contributed by atoms with E-state index in [1.165, 1.54) is 30.3 Å². The summed E-state index contributed by atoms with van der Waals surface area (Å²) in [6.07, 6.45) is 31.9. The number of carbonyl (C=O) groups excluding carboxylic acids is 5. The molecule has 16 heteroatoms. The van der Waals surface area contributed by atoms with Crippen LogP contribution in [-0.4, -0.2) is 96.3 Å². The van der Waals surface area contributed by atoms with Crippen LogP contribution in [0.2, 0.25) is 0 Å². The van der Waals surface area contributed by atoms with Crippen LogP contribution in [0.15, 0.2) is 102 Å². The summed E-state index contributed by atoms with van der Waals surface area (Å²) in [5, 5.41) is 12.3. The second-order valence-electron chi connectivity index (χ2n) is 13.8. The molecule has 0 fully saturated rings. The fourth-order valence-corrected chi connectivity index (χ4v) is 4.91. The van der Waals surface area contributed by atoms with E-state index < -0.39 is 29.4 Å². The second kappa shape index (κ2) is 34.1. The molecule has 0 spiro atoms. The fourth-order valence-electron chi connectivity index (χ4n) is 4.42. The predicted molar refractivity (Wildman–Crippen MR) is 242 cm³/mol. The molecule has 0 radical (unpaired) electrons. The summed E-state index contributed by atoms with van der Waals surface area (Å²) in [6, 6.07) is 3.08. The van der Waals surface area contributed by atoms with Gasteiger partial charge in [-0.05, 0) is 50.7 Å². The molecule has 0 aromatic carbocycles. The number of amides is 2. The number of allylic oxidation sites excluding steroid dienone is 11. The lowest BCUT2D eigenvalue weighted by molar-refractivity contribution is -0.152. The van der Waals surface area contributed by atoms with Crippen LogP contribution >= 0.6 is 11.8 Å². The molecular formula is C44H66N8O7S. The first-order valence-electron chi connectivity index (χ1n) is 19.8. The highest BCUT2D eigenvalue weighted by Gasteiger charge is 2.40. The molecule has 0 unspecified atom stereocenters. The molecule has 0 bridgehead atoms. The lowest BCUT2D eigenvalue weighted by Crippen LogP contribution is -2.49. The van der Waals surface area contributed by atoms with Crippen LogP contribution in [0.5, 0.6) is 0 Å². The van der Waals surface area contributed by atoms with E-state index in [0.29, 0.717) is 18.7 Å². The third kappa shape index (κ3) is 30.3. The van der Waals surface area contributed by atoms with Gasteiger partial charge in [-0.2, -0.15) is 4.99 Å². The molecule has 330 valence electrons. The highest BCUT2D eigenvalue weighted by atomic mass is 32.2. The standard InChI is InChI=1S/C40H55N3O7S.C4H11N5/c1-5-6-7-8-9-10-11-12-13-14-15-16-17-18-19-20-21-22-25-36(46)49-32-40(3,4)37(50-39(48)34-24-23-27-41-31-34)38(47)43-28-26-35(45)42-29-30-51-33(2)44;1-9(2)4(7)8-3(5)6/h6-7,9-10,12-13,15-16,18-19,21-24,27,31,37H,5,8,11,14,17,20,25-26,28-30,32H2,1-4H3,(H,42,45)(H,43,47);1-2H3,(H5,5,6,7,8)/b7-6-,10-9-,13-12-,16-15-,19-18-,22-21-;/t37-;/m0./s1. The molecule has 0 aliphatic carbocycles. The molecule has 2 amide bonds. The fraction of sp³-hybridized carbons (Fsp3) is 0.455. The number of thioether (sulfide) groups is 1. The first-order valence-corrected chi connectivity index (χ1v) is 20.8. The number of aliphatic imine (C=N–C) groups is 1. The van der Waals surface area contributed by atoms with Gasteiger partial charge in [0.2, 0.25) is 11.9 Å². The number of nitrogens with two attached hydrogens (primary N) is 2. The molecule has 1 heterocycles. The van der Waals surface area contributed by atoms with Crippen LogP contribution in [0.25, 0.3) is 0 Å². The van der Waals surface area contributed by atoms with Gasteiger partial charge in [-0.25, -0.2) is 4.79 Å². The second-order valence-corrected chi connectivity index (χ2v) is 15.1. The van der Waals surface area contributed by atoms with Crippen molar-refractivity contribution in [3.63, 3.8) is 0 Å². The van der Waals surface area contributed by atoms with Gasteiger partial charge < -0.3 is 36.5 Å². The maximum Gasteiger partial charge on any atom is 0.340 e. The highest BCUT2D eigenvalue weighted by molar-refractivity contribution is 8.13. The maximum atomic E-state index is 13.2. The van der Waals surface area contributed by atoms with E-state index in [-0.39, 0.29) is 54.5 Å². The SMILES string of the molecule is CC/C=C\C/C=C\C/C=C\C/C=C\C/C=C\C/C=C\CC(=O)OCC(C)(C)[C@@H](OC(=O)c1cccnc1)C(=O)NCCC(=O)NCCSC(C)=O.CN(C)C(=N)N=C(N)N. The number of hydrogen-bond donors (Lipinski definition) is 5. The highest BCUT2D eigenvalue weighted by Crippen LogP contribution is 2.26. The van der Waals surface area contributed by atoms with Gasteiger partial charge in [0.25, 0.3) is 5.91 Å². The van der Waals surface area contributed by atoms with Crippen molar-refractivity contribution in [3.8, 4) is 0 Å². The van der Waals surface area contributed by atoms with E-state index in [0.717, 1.165) is 43.9 Å². The third-order valence-corrected chi connectivity index (χ3v) is 8.41. The van der Waals surface area contributed by atoms with E-state index in [1.54, 1.807) is 40.1 Å². The number of hydrogen-bond acceptors (Lipinski definition) is 10. The third-order valence-electron chi connectivity index (χ3n) is 7.60. The lowest BCUT2D eigenvalue weighted by Gasteiger charge is -2.32. The first kappa shape index (κ1) is 54.2. The van der Waals surface area contributed by atoms with E-state index in [2.05, 4.69) is 82.2 Å². The molecule has 7 N–H and O–H groups in total. The van der Waals surface area contributed by atoms with Crippen LogP contribution in [0.4, 0.5) is 0 Å². The summed E-state index contributed by atoms with van der Waals surface area (Å²) in [6.45, 7) is 7.00. The van der Waals surface area contributed by atoms with Crippen molar-refractivity contribution in [1.82, 2.24) is 20.5 Å². The van der Waals surface area contributed by atoms with Gasteiger partial charge >= 0.3 is 11.9 Å². The zero-order valence-electron chi connectivity index (χ0n) is 36.1. The van der Waals surface area contributed by atoms with E-state index in [1.807, 2.05) is 12.2 Å². The molecule has 0 aliphatic heterocycles. The van der Waals surface area contributed by atoms with E-state index in [4.69, 9.17) is 26.4 Å².